The summed E-state index contributed by atoms with van der Waals surface area (Å²) in [7, 11) is 0. The number of carbonyl (C=O) groups excluding carboxylic acids is 2. The first-order valence-electron chi connectivity index (χ1n) is 8.23. The first-order valence-corrected chi connectivity index (χ1v) is 8.23. The second-order valence-corrected chi connectivity index (χ2v) is 5.73. The van der Waals surface area contributed by atoms with Crippen LogP contribution in [0.3, 0.4) is 0 Å². The molecular formula is C16H32N2O5. The molecule has 0 rings (SSSR count). The van der Waals surface area contributed by atoms with Crippen LogP contribution in [0, 0.1) is 11.8 Å². The third kappa shape index (κ3) is 14.2. The van der Waals surface area contributed by atoms with Crippen LogP contribution in [0.1, 0.15) is 27.7 Å². The van der Waals surface area contributed by atoms with E-state index in [9.17, 15) is 9.59 Å². The highest BCUT2D eigenvalue weighted by Gasteiger charge is 2.05. The molecular weight excluding hydrogens is 300 g/mol. The van der Waals surface area contributed by atoms with E-state index in [4.69, 9.17) is 14.2 Å². The lowest BCUT2D eigenvalue weighted by molar-refractivity contribution is -0.124. The summed E-state index contributed by atoms with van der Waals surface area (Å²) in [5, 5.41) is 5.55. The Labute approximate surface area is 139 Å². The maximum Gasteiger partial charge on any atom is 0.222 e. The predicted molar refractivity (Wildman–Crippen MR) is 88.2 cm³/mol. The molecule has 0 radical (unpaired) electrons. The summed E-state index contributed by atoms with van der Waals surface area (Å²) >= 11 is 0. The molecule has 0 saturated heterocycles. The van der Waals surface area contributed by atoms with Gasteiger partial charge in [0, 0.05) is 24.9 Å². The number of hydrogen-bond donors (Lipinski definition) is 2. The summed E-state index contributed by atoms with van der Waals surface area (Å²) in [5.41, 5.74) is 0. The normalized spacial score (nSPS) is 11.0. The molecule has 2 N–H and O–H groups in total. The van der Waals surface area contributed by atoms with Gasteiger partial charge in [0.15, 0.2) is 0 Å². The Morgan fingerprint density at radius 3 is 1.26 bits per heavy atom. The molecule has 0 aliphatic carbocycles. The monoisotopic (exact) mass is 332 g/mol. The van der Waals surface area contributed by atoms with Gasteiger partial charge < -0.3 is 24.8 Å². The molecule has 0 fully saturated rings. The number of amides is 2. The molecule has 0 saturated carbocycles. The van der Waals surface area contributed by atoms with Gasteiger partial charge >= 0.3 is 0 Å². The van der Waals surface area contributed by atoms with Gasteiger partial charge in [-0.15, -0.1) is 0 Å². The zero-order valence-corrected chi connectivity index (χ0v) is 14.9. The van der Waals surface area contributed by atoms with Crippen LogP contribution in [0.5, 0.6) is 0 Å². The van der Waals surface area contributed by atoms with Gasteiger partial charge in [0.2, 0.25) is 11.8 Å². The summed E-state index contributed by atoms with van der Waals surface area (Å²) in [5.74, 6) is 0.0622. The Morgan fingerprint density at radius 2 is 0.957 bits per heavy atom. The zero-order valence-electron chi connectivity index (χ0n) is 14.9. The van der Waals surface area contributed by atoms with Crippen molar-refractivity contribution in [1.82, 2.24) is 10.6 Å². The Kier molecular flexibility index (Phi) is 13.7. The average Bonchev–Trinajstić information content (AvgIpc) is 2.50. The largest absolute Gasteiger partial charge is 0.377 e. The van der Waals surface area contributed by atoms with E-state index in [0.29, 0.717) is 52.7 Å². The Morgan fingerprint density at radius 1 is 0.652 bits per heavy atom. The molecule has 7 nitrogen and oxygen atoms in total. The molecule has 0 unspecified atom stereocenters. The highest BCUT2D eigenvalue weighted by Crippen LogP contribution is 1.90. The lowest BCUT2D eigenvalue weighted by Crippen LogP contribution is -2.31. The van der Waals surface area contributed by atoms with Gasteiger partial charge in [-0.1, -0.05) is 27.7 Å². The van der Waals surface area contributed by atoms with Crippen LogP contribution in [-0.2, 0) is 23.8 Å². The van der Waals surface area contributed by atoms with E-state index in [1.807, 2.05) is 27.7 Å². The molecule has 2 amide bonds. The summed E-state index contributed by atoms with van der Waals surface area (Å²) in [6.45, 7) is 11.4. The van der Waals surface area contributed by atoms with Crippen LogP contribution in [0.4, 0.5) is 0 Å². The van der Waals surface area contributed by atoms with Crippen molar-refractivity contribution in [3.05, 3.63) is 0 Å². The third-order valence-electron chi connectivity index (χ3n) is 2.88. The standard InChI is InChI=1S/C16H32N2O5/c1-13(2)15(19)17-5-7-21-9-11-23-12-10-22-8-6-18-16(20)14(3)4/h13-14H,5-12H2,1-4H3,(H,17,19)(H,18,20). The minimum atomic E-state index is -0.00275. The van der Waals surface area contributed by atoms with Crippen molar-refractivity contribution < 1.29 is 23.8 Å². The van der Waals surface area contributed by atoms with E-state index in [1.54, 1.807) is 0 Å². The first-order chi connectivity index (χ1) is 10.9. The molecule has 0 heterocycles. The molecule has 0 spiro atoms. The summed E-state index contributed by atoms with van der Waals surface area (Å²) in [4.78, 5) is 22.5. The number of rotatable bonds is 14. The van der Waals surface area contributed by atoms with Crippen molar-refractivity contribution in [3.8, 4) is 0 Å². The van der Waals surface area contributed by atoms with Gasteiger partial charge in [0.25, 0.3) is 0 Å². The molecule has 0 aromatic heterocycles. The lowest BCUT2D eigenvalue weighted by atomic mass is 10.2. The maximum atomic E-state index is 11.3. The fourth-order valence-electron chi connectivity index (χ4n) is 1.44. The van der Waals surface area contributed by atoms with Crippen molar-refractivity contribution >= 4 is 11.8 Å². The molecule has 0 aromatic rings. The van der Waals surface area contributed by atoms with Gasteiger partial charge in [-0.2, -0.15) is 0 Å². The molecule has 0 aliphatic rings. The van der Waals surface area contributed by atoms with Gasteiger partial charge in [-0.05, 0) is 0 Å². The van der Waals surface area contributed by atoms with Crippen LogP contribution in [0.25, 0.3) is 0 Å². The van der Waals surface area contributed by atoms with Gasteiger partial charge in [-0.25, -0.2) is 0 Å². The third-order valence-corrected chi connectivity index (χ3v) is 2.88. The van der Waals surface area contributed by atoms with Crippen LogP contribution in [-0.4, -0.2) is 64.5 Å². The SMILES string of the molecule is CC(C)C(=O)NCCOCCOCCOCCNC(=O)C(C)C. The van der Waals surface area contributed by atoms with Crippen LogP contribution < -0.4 is 10.6 Å². The summed E-state index contributed by atoms with van der Waals surface area (Å²) < 4.78 is 16.0. The Bertz CT molecular complexity index is 292. The molecule has 136 valence electrons. The number of ether oxygens (including phenoxy) is 3. The summed E-state index contributed by atoms with van der Waals surface area (Å²) in [6.07, 6.45) is 0. The minimum absolute atomic E-state index is 0.00275. The molecule has 23 heavy (non-hydrogen) atoms. The fraction of sp³-hybridized carbons (Fsp3) is 0.875. The van der Waals surface area contributed by atoms with E-state index in [-0.39, 0.29) is 23.7 Å². The van der Waals surface area contributed by atoms with Crippen molar-refractivity contribution in [2.75, 3.05) is 52.7 Å². The van der Waals surface area contributed by atoms with Gasteiger partial charge in [-0.3, -0.25) is 9.59 Å². The van der Waals surface area contributed by atoms with E-state index < -0.39 is 0 Å². The predicted octanol–water partition coefficient (Wildman–Crippen LogP) is 0.581. The molecule has 0 bridgehead atoms. The minimum Gasteiger partial charge on any atom is -0.377 e. The van der Waals surface area contributed by atoms with Crippen LogP contribution in [0.2, 0.25) is 0 Å². The Balaban J connectivity index is 3.17. The van der Waals surface area contributed by atoms with Gasteiger partial charge in [0.1, 0.15) is 0 Å². The molecule has 0 aromatic carbocycles. The fourth-order valence-corrected chi connectivity index (χ4v) is 1.44. The van der Waals surface area contributed by atoms with E-state index in [1.165, 1.54) is 0 Å². The maximum absolute atomic E-state index is 11.3. The van der Waals surface area contributed by atoms with Gasteiger partial charge in [0.05, 0.1) is 39.6 Å². The van der Waals surface area contributed by atoms with Crippen molar-refractivity contribution in [2.45, 2.75) is 27.7 Å². The van der Waals surface area contributed by atoms with Crippen LogP contribution >= 0.6 is 0 Å². The highest BCUT2D eigenvalue weighted by atomic mass is 16.5. The molecule has 7 heteroatoms. The Hall–Kier alpha value is -1.18. The lowest BCUT2D eigenvalue weighted by Gasteiger charge is -2.09. The topological polar surface area (TPSA) is 85.9 Å². The number of carbonyl (C=O) groups is 2. The highest BCUT2D eigenvalue weighted by molar-refractivity contribution is 5.78. The summed E-state index contributed by atoms with van der Waals surface area (Å²) in [6, 6.07) is 0. The van der Waals surface area contributed by atoms with E-state index in [2.05, 4.69) is 10.6 Å². The number of hydrogen-bond acceptors (Lipinski definition) is 5. The second kappa shape index (κ2) is 14.4. The molecule has 0 aliphatic heterocycles. The average molecular weight is 332 g/mol. The number of nitrogens with one attached hydrogen (secondary N) is 2. The van der Waals surface area contributed by atoms with Crippen LogP contribution in [0.15, 0.2) is 0 Å². The first kappa shape index (κ1) is 21.8. The van der Waals surface area contributed by atoms with Crippen molar-refractivity contribution in [1.29, 1.82) is 0 Å². The van der Waals surface area contributed by atoms with E-state index >= 15 is 0 Å². The smallest absolute Gasteiger partial charge is 0.222 e. The molecule has 0 atom stereocenters. The second-order valence-electron chi connectivity index (χ2n) is 5.73. The quantitative estimate of drug-likeness (QED) is 0.455. The van der Waals surface area contributed by atoms with Crippen molar-refractivity contribution in [2.24, 2.45) is 11.8 Å². The van der Waals surface area contributed by atoms with E-state index in [0.717, 1.165) is 0 Å². The van der Waals surface area contributed by atoms with Crippen molar-refractivity contribution in [3.63, 3.8) is 0 Å². The zero-order chi connectivity index (χ0) is 17.5.